The Morgan fingerprint density at radius 1 is 1.42 bits per heavy atom. The Morgan fingerprint density at radius 2 is 2.16 bits per heavy atom. The number of aliphatic hydroxyl groups excluding tert-OH is 1. The number of aliphatic imine (C=N–C) groups is 1. The number of aromatic carboxylic acids is 1. The summed E-state index contributed by atoms with van der Waals surface area (Å²) in [5.41, 5.74) is 0.393. The highest BCUT2D eigenvalue weighted by Gasteiger charge is 2.13. The maximum absolute atomic E-state index is 10.8. The molecule has 0 amide bonds. The second-order valence-corrected chi connectivity index (χ2v) is 3.92. The summed E-state index contributed by atoms with van der Waals surface area (Å²) in [4.78, 5) is 14.8. The van der Waals surface area contributed by atoms with Gasteiger partial charge in [-0.05, 0) is 12.1 Å². The van der Waals surface area contributed by atoms with E-state index in [1.54, 1.807) is 0 Å². The third kappa shape index (κ3) is 4.01. The van der Waals surface area contributed by atoms with E-state index in [0.29, 0.717) is 18.2 Å². The molecule has 104 valence electrons. The molecule has 0 radical (unpaired) electrons. The number of hydrogen-bond donors (Lipinski definition) is 5. The van der Waals surface area contributed by atoms with Gasteiger partial charge in [0, 0.05) is 18.3 Å². The van der Waals surface area contributed by atoms with Crippen molar-refractivity contribution < 1.29 is 20.1 Å². The van der Waals surface area contributed by atoms with Crippen LogP contribution in [0.5, 0.6) is 5.75 Å². The Balaban J connectivity index is 0.00000180. The van der Waals surface area contributed by atoms with Gasteiger partial charge in [0.15, 0.2) is 5.96 Å². The SMILES string of the molecule is Cl.O=C(O)c1cc(O)cc(NC2=NCC(O)CN2)c1. The first-order chi connectivity index (χ1) is 8.54. The molecule has 8 heteroatoms. The molecule has 0 aromatic heterocycles. The van der Waals surface area contributed by atoms with Crippen LogP contribution in [0.2, 0.25) is 0 Å². The molecule has 1 aliphatic rings. The lowest BCUT2D eigenvalue weighted by atomic mass is 10.2. The molecule has 1 aromatic carbocycles. The van der Waals surface area contributed by atoms with E-state index in [9.17, 15) is 15.0 Å². The van der Waals surface area contributed by atoms with Gasteiger partial charge in [-0.2, -0.15) is 0 Å². The Hall–Kier alpha value is -1.99. The second kappa shape index (κ2) is 6.26. The average molecular weight is 288 g/mol. The lowest BCUT2D eigenvalue weighted by molar-refractivity contribution is 0.0696. The van der Waals surface area contributed by atoms with E-state index in [-0.39, 0.29) is 30.3 Å². The first kappa shape index (κ1) is 15.1. The van der Waals surface area contributed by atoms with Gasteiger partial charge in [0.25, 0.3) is 0 Å². The Kier molecular flexibility index (Phi) is 4.96. The summed E-state index contributed by atoms with van der Waals surface area (Å²) >= 11 is 0. The smallest absolute Gasteiger partial charge is 0.335 e. The van der Waals surface area contributed by atoms with Crippen LogP contribution in [0.4, 0.5) is 5.69 Å². The third-order valence-corrected chi connectivity index (χ3v) is 2.39. The van der Waals surface area contributed by atoms with Crippen LogP contribution in [0.3, 0.4) is 0 Å². The van der Waals surface area contributed by atoms with Gasteiger partial charge in [-0.3, -0.25) is 4.99 Å². The lowest BCUT2D eigenvalue weighted by Crippen LogP contribution is -2.42. The van der Waals surface area contributed by atoms with Crippen LogP contribution in [-0.4, -0.2) is 46.4 Å². The number of phenolic OH excluding ortho intramolecular Hbond substituents is 1. The number of nitrogens with zero attached hydrogens (tertiary/aromatic N) is 1. The maximum Gasteiger partial charge on any atom is 0.335 e. The number of anilines is 1. The van der Waals surface area contributed by atoms with Gasteiger partial charge in [0.1, 0.15) is 5.75 Å². The predicted molar refractivity (Wildman–Crippen MR) is 72.2 cm³/mol. The third-order valence-electron chi connectivity index (χ3n) is 2.39. The molecule has 0 aliphatic carbocycles. The monoisotopic (exact) mass is 287 g/mol. The predicted octanol–water partition coefficient (Wildman–Crippen LogP) is 0.244. The molecular formula is C11H14ClN3O4. The molecule has 0 bridgehead atoms. The van der Waals surface area contributed by atoms with Crippen LogP contribution >= 0.6 is 12.4 Å². The van der Waals surface area contributed by atoms with Gasteiger partial charge in [0.05, 0.1) is 18.2 Å². The molecule has 1 unspecified atom stereocenters. The van der Waals surface area contributed by atoms with Gasteiger partial charge in [-0.1, -0.05) is 0 Å². The molecule has 1 aromatic rings. The van der Waals surface area contributed by atoms with Gasteiger partial charge >= 0.3 is 5.97 Å². The number of hydrogen-bond acceptors (Lipinski definition) is 6. The van der Waals surface area contributed by atoms with Crippen LogP contribution in [-0.2, 0) is 0 Å². The standard InChI is InChI=1S/C11H13N3O4.ClH/c15-8-2-6(10(17)18)1-7(3-8)14-11-12-4-9(16)5-13-11;/h1-3,9,15-16H,4-5H2,(H,17,18)(H2,12,13,14);1H. The zero-order valence-electron chi connectivity index (χ0n) is 9.83. The molecule has 2 rings (SSSR count). The van der Waals surface area contributed by atoms with Crippen molar-refractivity contribution in [1.82, 2.24) is 5.32 Å². The van der Waals surface area contributed by atoms with Crippen molar-refractivity contribution >= 4 is 30.0 Å². The van der Waals surface area contributed by atoms with Gasteiger partial charge in [-0.15, -0.1) is 12.4 Å². The van der Waals surface area contributed by atoms with Crippen LogP contribution < -0.4 is 10.6 Å². The number of carboxylic acid groups (broad SMARTS) is 1. The van der Waals surface area contributed by atoms with Crippen molar-refractivity contribution in [1.29, 1.82) is 0 Å². The van der Waals surface area contributed by atoms with E-state index in [2.05, 4.69) is 15.6 Å². The van der Waals surface area contributed by atoms with Crippen LogP contribution in [0.15, 0.2) is 23.2 Å². The zero-order chi connectivity index (χ0) is 13.1. The summed E-state index contributed by atoms with van der Waals surface area (Å²) < 4.78 is 0. The number of aliphatic hydroxyl groups is 1. The molecule has 0 saturated heterocycles. The molecule has 19 heavy (non-hydrogen) atoms. The van der Waals surface area contributed by atoms with E-state index in [1.807, 2.05) is 0 Å². The number of phenols is 1. The lowest BCUT2D eigenvalue weighted by Gasteiger charge is -2.20. The molecule has 7 nitrogen and oxygen atoms in total. The highest BCUT2D eigenvalue weighted by molar-refractivity contribution is 5.96. The summed E-state index contributed by atoms with van der Waals surface area (Å²) in [5.74, 6) is -0.834. The summed E-state index contributed by atoms with van der Waals surface area (Å²) in [6.45, 7) is 0.649. The molecule has 0 fully saturated rings. The van der Waals surface area contributed by atoms with Crippen LogP contribution in [0, 0.1) is 0 Å². The fourth-order valence-electron chi connectivity index (χ4n) is 1.56. The number of nitrogens with one attached hydrogen (secondary N) is 2. The quantitative estimate of drug-likeness (QED) is 0.532. The van der Waals surface area contributed by atoms with Crippen molar-refractivity contribution in [3.05, 3.63) is 23.8 Å². The van der Waals surface area contributed by atoms with Gasteiger partial charge in [-0.25, -0.2) is 4.79 Å². The summed E-state index contributed by atoms with van der Waals surface area (Å²) in [7, 11) is 0. The molecule has 5 N–H and O–H groups in total. The van der Waals surface area contributed by atoms with Gasteiger partial charge in [0.2, 0.25) is 0 Å². The molecular weight excluding hydrogens is 274 g/mol. The molecule has 1 heterocycles. The Labute approximate surface area is 115 Å². The van der Waals surface area contributed by atoms with Crippen LogP contribution in [0.25, 0.3) is 0 Å². The van der Waals surface area contributed by atoms with E-state index in [1.165, 1.54) is 12.1 Å². The highest BCUT2D eigenvalue weighted by atomic mass is 35.5. The number of aromatic hydroxyl groups is 1. The first-order valence-electron chi connectivity index (χ1n) is 5.35. The van der Waals surface area contributed by atoms with Crippen molar-refractivity contribution in [3.8, 4) is 5.75 Å². The number of carboxylic acids is 1. The summed E-state index contributed by atoms with van der Waals surface area (Å²) in [5, 5.41) is 33.2. The van der Waals surface area contributed by atoms with E-state index in [0.717, 1.165) is 6.07 Å². The topological polar surface area (TPSA) is 114 Å². The molecule has 0 spiro atoms. The fraction of sp³-hybridized carbons (Fsp3) is 0.273. The maximum atomic E-state index is 10.8. The van der Waals surface area contributed by atoms with Crippen molar-refractivity contribution in [2.45, 2.75) is 6.10 Å². The number of carbonyl (C=O) groups is 1. The molecule has 1 atom stereocenters. The average Bonchev–Trinajstić information content (AvgIpc) is 2.31. The second-order valence-electron chi connectivity index (χ2n) is 3.92. The summed E-state index contributed by atoms with van der Waals surface area (Å²) in [6.07, 6.45) is -0.519. The van der Waals surface area contributed by atoms with Crippen LogP contribution in [0.1, 0.15) is 10.4 Å². The van der Waals surface area contributed by atoms with Gasteiger partial charge < -0.3 is 26.0 Å². The molecule has 0 saturated carbocycles. The number of benzene rings is 1. The number of guanidine groups is 1. The Bertz CT molecular complexity index is 507. The highest BCUT2D eigenvalue weighted by Crippen LogP contribution is 2.19. The largest absolute Gasteiger partial charge is 0.508 e. The minimum Gasteiger partial charge on any atom is -0.508 e. The zero-order valence-corrected chi connectivity index (χ0v) is 10.6. The number of rotatable bonds is 2. The Morgan fingerprint density at radius 3 is 2.74 bits per heavy atom. The number of β-amino-alcohol motifs (C(OH)–C–C–N with tert-alkyl or cyclic N) is 1. The van der Waals surface area contributed by atoms with E-state index >= 15 is 0 Å². The summed E-state index contributed by atoms with van der Waals surface area (Å²) in [6, 6.07) is 3.94. The van der Waals surface area contributed by atoms with E-state index in [4.69, 9.17) is 5.11 Å². The minimum absolute atomic E-state index is 0. The van der Waals surface area contributed by atoms with Crippen molar-refractivity contribution in [3.63, 3.8) is 0 Å². The minimum atomic E-state index is -1.12. The fourth-order valence-corrected chi connectivity index (χ4v) is 1.56. The normalized spacial score (nSPS) is 17.7. The number of halogens is 1. The van der Waals surface area contributed by atoms with Crippen molar-refractivity contribution in [2.75, 3.05) is 18.4 Å². The molecule has 1 aliphatic heterocycles. The first-order valence-corrected chi connectivity index (χ1v) is 5.35. The van der Waals surface area contributed by atoms with Crippen molar-refractivity contribution in [2.24, 2.45) is 4.99 Å². The van der Waals surface area contributed by atoms with E-state index < -0.39 is 12.1 Å².